The summed E-state index contributed by atoms with van der Waals surface area (Å²) in [6, 6.07) is 1.25. The van der Waals surface area contributed by atoms with Crippen LogP contribution in [0.2, 0.25) is 0 Å². The van der Waals surface area contributed by atoms with Gasteiger partial charge in [-0.3, -0.25) is 4.90 Å². The monoisotopic (exact) mass is 271 g/mol. The Bertz CT molecular complexity index is 216. The summed E-state index contributed by atoms with van der Waals surface area (Å²) in [5, 5.41) is 0. The van der Waals surface area contributed by atoms with Crippen molar-refractivity contribution in [2.45, 2.75) is 72.9 Å². The van der Waals surface area contributed by atoms with E-state index in [4.69, 9.17) is 11.5 Å². The first kappa shape index (κ1) is 18.9. The molecule has 0 aromatic rings. The van der Waals surface area contributed by atoms with E-state index in [1.54, 1.807) is 0 Å². The highest BCUT2D eigenvalue weighted by Crippen LogP contribution is 2.33. The molecule has 0 aromatic heterocycles. The molecule has 0 aliphatic rings. The number of nitrogens with zero attached hydrogens (tertiary/aromatic N) is 1. The van der Waals surface area contributed by atoms with Gasteiger partial charge in [-0.1, -0.05) is 13.8 Å². The van der Waals surface area contributed by atoms with E-state index in [-0.39, 0.29) is 0 Å². The molecule has 0 fully saturated rings. The highest BCUT2D eigenvalue weighted by molar-refractivity contribution is 4.80. The Morgan fingerprint density at radius 2 is 1.53 bits per heavy atom. The molecule has 3 heteroatoms. The van der Waals surface area contributed by atoms with Crippen molar-refractivity contribution in [2.75, 3.05) is 19.6 Å². The molecule has 116 valence electrons. The van der Waals surface area contributed by atoms with Gasteiger partial charge in [-0.2, -0.15) is 0 Å². The van der Waals surface area contributed by atoms with Crippen molar-refractivity contribution in [3.05, 3.63) is 0 Å². The molecule has 0 saturated heterocycles. The van der Waals surface area contributed by atoms with Gasteiger partial charge in [-0.15, -0.1) is 0 Å². The lowest BCUT2D eigenvalue weighted by molar-refractivity contribution is 0.141. The lowest BCUT2D eigenvalue weighted by Gasteiger charge is -2.36. The summed E-state index contributed by atoms with van der Waals surface area (Å²) in [5.74, 6) is 0.545. The second-order valence-electron chi connectivity index (χ2n) is 7.03. The van der Waals surface area contributed by atoms with Crippen LogP contribution in [-0.2, 0) is 0 Å². The first-order valence-corrected chi connectivity index (χ1v) is 7.92. The summed E-state index contributed by atoms with van der Waals surface area (Å²) in [6.45, 7) is 16.5. The predicted octanol–water partition coefficient (Wildman–Crippen LogP) is 2.84. The number of rotatable bonds is 10. The third-order valence-electron chi connectivity index (χ3n) is 4.47. The van der Waals surface area contributed by atoms with Gasteiger partial charge in [0, 0.05) is 12.1 Å². The minimum absolute atomic E-state index is 0.299. The fraction of sp³-hybridized carbons (Fsp3) is 1.00. The van der Waals surface area contributed by atoms with Crippen molar-refractivity contribution in [1.82, 2.24) is 4.90 Å². The predicted molar refractivity (Wildman–Crippen MR) is 86.2 cm³/mol. The van der Waals surface area contributed by atoms with Crippen LogP contribution in [0.3, 0.4) is 0 Å². The Morgan fingerprint density at radius 3 is 1.89 bits per heavy atom. The minimum Gasteiger partial charge on any atom is -0.330 e. The first-order chi connectivity index (χ1) is 8.76. The standard InChI is InChI=1S/C16H37N3/c1-13(2)19(14(3)4)11-7-9-16(5,6)15(12-18)8-10-17/h13-15H,7-12,17-18H2,1-6H3. The van der Waals surface area contributed by atoms with E-state index < -0.39 is 0 Å². The zero-order valence-corrected chi connectivity index (χ0v) is 14.1. The fourth-order valence-electron chi connectivity index (χ4n) is 3.06. The SMILES string of the molecule is CC(C)N(CCCC(C)(C)C(CN)CCN)C(C)C. The van der Waals surface area contributed by atoms with Crippen LogP contribution >= 0.6 is 0 Å². The van der Waals surface area contributed by atoms with Crippen LogP contribution in [0.4, 0.5) is 0 Å². The van der Waals surface area contributed by atoms with Gasteiger partial charge in [0.1, 0.15) is 0 Å². The van der Waals surface area contributed by atoms with Crippen molar-refractivity contribution >= 4 is 0 Å². The molecule has 0 saturated carbocycles. The summed E-state index contributed by atoms with van der Waals surface area (Å²) >= 11 is 0. The molecule has 3 nitrogen and oxygen atoms in total. The highest BCUT2D eigenvalue weighted by atomic mass is 15.2. The Morgan fingerprint density at radius 1 is 1.00 bits per heavy atom. The van der Waals surface area contributed by atoms with Crippen molar-refractivity contribution in [3.63, 3.8) is 0 Å². The van der Waals surface area contributed by atoms with Gasteiger partial charge in [0.2, 0.25) is 0 Å². The molecule has 0 aromatic carbocycles. The lowest BCUT2D eigenvalue weighted by atomic mass is 9.73. The molecule has 0 aliphatic heterocycles. The molecule has 0 radical (unpaired) electrons. The average Bonchev–Trinajstić information content (AvgIpc) is 2.30. The summed E-state index contributed by atoms with van der Waals surface area (Å²) in [4.78, 5) is 2.57. The molecule has 4 N–H and O–H groups in total. The van der Waals surface area contributed by atoms with E-state index in [0.29, 0.717) is 23.4 Å². The van der Waals surface area contributed by atoms with Gasteiger partial charge in [-0.05, 0) is 77.9 Å². The van der Waals surface area contributed by atoms with Gasteiger partial charge >= 0.3 is 0 Å². The Balaban J connectivity index is 4.29. The number of nitrogens with two attached hydrogens (primary N) is 2. The van der Waals surface area contributed by atoms with Crippen molar-refractivity contribution in [2.24, 2.45) is 22.8 Å². The third kappa shape index (κ3) is 6.73. The summed E-state index contributed by atoms with van der Waals surface area (Å²) in [7, 11) is 0. The van der Waals surface area contributed by atoms with Gasteiger partial charge in [-0.25, -0.2) is 0 Å². The topological polar surface area (TPSA) is 55.3 Å². The van der Waals surface area contributed by atoms with E-state index >= 15 is 0 Å². The summed E-state index contributed by atoms with van der Waals surface area (Å²) in [5.41, 5.74) is 11.9. The van der Waals surface area contributed by atoms with Crippen LogP contribution in [-0.4, -0.2) is 36.6 Å². The van der Waals surface area contributed by atoms with Gasteiger partial charge in [0.25, 0.3) is 0 Å². The molecular formula is C16H37N3. The zero-order chi connectivity index (χ0) is 15.1. The quantitative estimate of drug-likeness (QED) is 0.642. The Labute approximate surface area is 121 Å². The zero-order valence-electron chi connectivity index (χ0n) is 14.1. The number of hydrogen-bond donors (Lipinski definition) is 2. The Hall–Kier alpha value is -0.120. The maximum absolute atomic E-state index is 5.91. The maximum atomic E-state index is 5.91. The van der Waals surface area contributed by atoms with Gasteiger partial charge in [0.05, 0.1) is 0 Å². The van der Waals surface area contributed by atoms with Gasteiger partial charge < -0.3 is 11.5 Å². The molecule has 0 aliphatic carbocycles. The van der Waals surface area contributed by atoms with Crippen LogP contribution < -0.4 is 11.5 Å². The third-order valence-corrected chi connectivity index (χ3v) is 4.47. The first-order valence-electron chi connectivity index (χ1n) is 7.92. The van der Waals surface area contributed by atoms with Crippen molar-refractivity contribution < 1.29 is 0 Å². The molecule has 0 heterocycles. The molecule has 19 heavy (non-hydrogen) atoms. The molecule has 0 amide bonds. The van der Waals surface area contributed by atoms with E-state index in [0.717, 1.165) is 19.5 Å². The van der Waals surface area contributed by atoms with E-state index in [1.807, 2.05) is 0 Å². The largest absolute Gasteiger partial charge is 0.330 e. The molecular weight excluding hydrogens is 234 g/mol. The highest BCUT2D eigenvalue weighted by Gasteiger charge is 2.27. The fourth-order valence-corrected chi connectivity index (χ4v) is 3.06. The van der Waals surface area contributed by atoms with Gasteiger partial charge in [0.15, 0.2) is 0 Å². The number of hydrogen-bond acceptors (Lipinski definition) is 3. The second-order valence-corrected chi connectivity index (χ2v) is 7.03. The maximum Gasteiger partial charge on any atom is 0.00412 e. The molecule has 0 spiro atoms. The van der Waals surface area contributed by atoms with Crippen molar-refractivity contribution in [1.29, 1.82) is 0 Å². The molecule has 1 unspecified atom stereocenters. The van der Waals surface area contributed by atoms with Crippen molar-refractivity contribution in [3.8, 4) is 0 Å². The average molecular weight is 271 g/mol. The van der Waals surface area contributed by atoms with Crippen LogP contribution in [0.25, 0.3) is 0 Å². The molecule has 0 rings (SSSR count). The van der Waals surface area contributed by atoms with E-state index in [2.05, 4.69) is 46.4 Å². The lowest BCUT2D eigenvalue weighted by Crippen LogP contribution is -2.39. The molecule has 0 bridgehead atoms. The van der Waals surface area contributed by atoms with Crippen LogP contribution in [0.15, 0.2) is 0 Å². The van der Waals surface area contributed by atoms with E-state index in [9.17, 15) is 0 Å². The van der Waals surface area contributed by atoms with E-state index in [1.165, 1.54) is 19.4 Å². The summed E-state index contributed by atoms with van der Waals surface area (Å²) in [6.07, 6.45) is 3.51. The smallest absolute Gasteiger partial charge is 0.00412 e. The second kappa shape index (κ2) is 8.93. The van der Waals surface area contributed by atoms with Crippen LogP contribution in [0.1, 0.15) is 60.8 Å². The van der Waals surface area contributed by atoms with Crippen LogP contribution in [0, 0.1) is 11.3 Å². The van der Waals surface area contributed by atoms with Crippen LogP contribution in [0.5, 0.6) is 0 Å². The normalized spacial score (nSPS) is 14.7. The minimum atomic E-state index is 0.299. The molecule has 1 atom stereocenters. The Kier molecular flexibility index (Phi) is 8.88. The summed E-state index contributed by atoms with van der Waals surface area (Å²) < 4.78 is 0.